The van der Waals surface area contributed by atoms with Crippen LogP contribution < -0.4 is 24.8 Å². The minimum atomic E-state index is -0.224. The van der Waals surface area contributed by atoms with Crippen LogP contribution in [0.25, 0.3) is 0 Å². The third kappa shape index (κ3) is 6.74. The molecule has 0 spiro atoms. The SMILES string of the molecule is COc1cc(Oc2cccc(Nc3ccccc3)c2)cc(OC)c1CNCCc1ccc(F)cc1. The summed E-state index contributed by atoms with van der Waals surface area (Å²) in [5.74, 6) is 2.43. The van der Waals surface area contributed by atoms with Crippen molar-refractivity contribution in [2.45, 2.75) is 13.0 Å². The Kier molecular flexibility index (Phi) is 8.20. The first kappa shape index (κ1) is 24.1. The molecule has 0 aliphatic rings. The molecule has 2 N–H and O–H groups in total. The number of hydrogen-bond acceptors (Lipinski definition) is 5. The number of halogens is 1. The van der Waals surface area contributed by atoms with E-state index in [0.717, 1.165) is 35.5 Å². The number of ether oxygens (including phenoxy) is 3. The molecule has 35 heavy (non-hydrogen) atoms. The molecule has 0 bridgehead atoms. The standard InChI is InChI=1S/C29H29FN2O3/c1-33-28-18-26(35-25-10-6-9-24(17-25)32-23-7-4-3-5-8-23)19-29(34-2)27(28)20-31-16-15-21-11-13-22(30)14-12-21/h3-14,17-19,31-32H,15-16,20H2,1-2H3. The lowest BCUT2D eigenvalue weighted by molar-refractivity contribution is 0.375. The summed E-state index contributed by atoms with van der Waals surface area (Å²) < 4.78 is 30.5. The molecule has 0 fully saturated rings. The first-order valence-corrected chi connectivity index (χ1v) is 11.4. The fourth-order valence-electron chi connectivity index (χ4n) is 3.75. The van der Waals surface area contributed by atoms with Crippen molar-refractivity contribution in [3.05, 3.63) is 108 Å². The van der Waals surface area contributed by atoms with Gasteiger partial charge in [-0.25, -0.2) is 4.39 Å². The topological polar surface area (TPSA) is 51.8 Å². The lowest BCUT2D eigenvalue weighted by atomic mass is 10.1. The summed E-state index contributed by atoms with van der Waals surface area (Å²) >= 11 is 0. The summed E-state index contributed by atoms with van der Waals surface area (Å²) in [5.41, 5.74) is 3.91. The maximum atomic E-state index is 13.1. The van der Waals surface area contributed by atoms with Gasteiger partial charge in [0.25, 0.3) is 0 Å². The molecule has 4 aromatic rings. The van der Waals surface area contributed by atoms with Crippen molar-refractivity contribution in [2.75, 3.05) is 26.1 Å². The predicted molar refractivity (Wildman–Crippen MR) is 138 cm³/mol. The van der Waals surface area contributed by atoms with Gasteiger partial charge in [0, 0.05) is 36.1 Å². The first-order chi connectivity index (χ1) is 17.1. The molecule has 180 valence electrons. The number of rotatable bonds is 11. The van der Waals surface area contributed by atoms with Crippen LogP contribution in [0.4, 0.5) is 15.8 Å². The maximum Gasteiger partial charge on any atom is 0.134 e. The molecular formula is C29H29FN2O3. The van der Waals surface area contributed by atoms with Crippen LogP contribution >= 0.6 is 0 Å². The molecule has 0 heterocycles. The first-order valence-electron chi connectivity index (χ1n) is 11.4. The van der Waals surface area contributed by atoms with E-state index in [0.29, 0.717) is 29.5 Å². The predicted octanol–water partition coefficient (Wildman–Crippen LogP) is 6.71. The van der Waals surface area contributed by atoms with E-state index in [1.165, 1.54) is 12.1 Å². The number of anilines is 2. The average Bonchev–Trinajstić information content (AvgIpc) is 2.88. The van der Waals surface area contributed by atoms with Gasteiger partial charge in [-0.3, -0.25) is 0 Å². The van der Waals surface area contributed by atoms with Crippen LogP contribution in [0, 0.1) is 5.82 Å². The fourth-order valence-corrected chi connectivity index (χ4v) is 3.75. The Balaban J connectivity index is 1.43. The highest BCUT2D eigenvalue weighted by atomic mass is 19.1. The van der Waals surface area contributed by atoms with Crippen molar-refractivity contribution in [3.8, 4) is 23.0 Å². The molecular weight excluding hydrogens is 443 g/mol. The van der Waals surface area contributed by atoms with E-state index in [9.17, 15) is 4.39 Å². The zero-order valence-electron chi connectivity index (χ0n) is 19.9. The third-order valence-electron chi connectivity index (χ3n) is 5.52. The molecule has 0 amide bonds. The summed E-state index contributed by atoms with van der Waals surface area (Å²) in [6, 6.07) is 28.0. The highest BCUT2D eigenvalue weighted by Crippen LogP contribution is 2.36. The van der Waals surface area contributed by atoms with E-state index in [2.05, 4.69) is 10.6 Å². The van der Waals surface area contributed by atoms with E-state index in [1.54, 1.807) is 26.4 Å². The van der Waals surface area contributed by atoms with Crippen LogP contribution in [0.1, 0.15) is 11.1 Å². The monoisotopic (exact) mass is 472 g/mol. The molecule has 0 saturated carbocycles. The van der Waals surface area contributed by atoms with Crippen LogP contribution in [0.15, 0.2) is 91.0 Å². The number of benzene rings is 4. The van der Waals surface area contributed by atoms with Crippen LogP contribution in [-0.2, 0) is 13.0 Å². The Morgan fingerprint density at radius 1 is 0.714 bits per heavy atom. The smallest absolute Gasteiger partial charge is 0.134 e. The van der Waals surface area contributed by atoms with Crippen molar-refractivity contribution >= 4 is 11.4 Å². The molecule has 0 atom stereocenters. The molecule has 0 radical (unpaired) electrons. The molecule has 5 nitrogen and oxygen atoms in total. The van der Waals surface area contributed by atoms with Crippen molar-refractivity contribution in [2.24, 2.45) is 0 Å². The number of hydrogen-bond donors (Lipinski definition) is 2. The summed E-state index contributed by atoms with van der Waals surface area (Å²) in [6.07, 6.45) is 0.791. The molecule has 4 aromatic carbocycles. The highest BCUT2D eigenvalue weighted by Gasteiger charge is 2.14. The van der Waals surface area contributed by atoms with Crippen LogP contribution in [0.3, 0.4) is 0 Å². The van der Waals surface area contributed by atoms with Crippen molar-refractivity contribution in [1.82, 2.24) is 5.32 Å². The van der Waals surface area contributed by atoms with Gasteiger partial charge in [0.15, 0.2) is 0 Å². The number of methoxy groups -OCH3 is 2. The Bertz CT molecular complexity index is 1210. The largest absolute Gasteiger partial charge is 0.496 e. The van der Waals surface area contributed by atoms with Gasteiger partial charge in [-0.15, -0.1) is 0 Å². The minimum absolute atomic E-state index is 0.224. The van der Waals surface area contributed by atoms with E-state index in [4.69, 9.17) is 14.2 Å². The van der Waals surface area contributed by atoms with Crippen molar-refractivity contribution in [1.29, 1.82) is 0 Å². The van der Waals surface area contributed by atoms with Gasteiger partial charge in [-0.1, -0.05) is 36.4 Å². The lowest BCUT2D eigenvalue weighted by Gasteiger charge is -2.17. The zero-order valence-corrected chi connectivity index (χ0v) is 19.9. The highest BCUT2D eigenvalue weighted by molar-refractivity contribution is 5.61. The van der Waals surface area contributed by atoms with E-state index in [-0.39, 0.29) is 5.82 Å². The summed E-state index contributed by atoms with van der Waals surface area (Å²) in [6.45, 7) is 1.29. The van der Waals surface area contributed by atoms with Gasteiger partial charge in [-0.2, -0.15) is 0 Å². The molecule has 0 unspecified atom stereocenters. The van der Waals surface area contributed by atoms with Crippen LogP contribution in [0.5, 0.6) is 23.0 Å². The lowest BCUT2D eigenvalue weighted by Crippen LogP contribution is -2.17. The Labute approximate surface area is 205 Å². The molecule has 6 heteroatoms. The summed E-state index contributed by atoms with van der Waals surface area (Å²) in [5, 5.41) is 6.78. The summed E-state index contributed by atoms with van der Waals surface area (Å²) in [7, 11) is 3.26. The summed E-state index contributed by atoms with van der Waals surface area (Å²) in [4.78, 5) is 0. The van der Waals surface area contributed by atoms with Gasteiger partial charge in [-0.05, 0) is 54.9 Å². The number of para-hydroxylation sites is 1. The molecule has 4 rings (SSSR count). The van der Waals surface area contributed by atoms with Crippen molar-refractivity contribution in [3.63, 3.8) is 0 Å². The Hall–Kier alpha value is -4.03. The fraction of sp³-hybridized carbons (Fsp3) is 0.172. The van der Waals surface area contributed by atoms with Gasteiger partial charge < -0.3 is 24.8 Å². The maximum absolute atomic E-state index is 13.1. The Morgan fingerprint density at radius 3 is 2.09 bits per heavy atom. The van der Waals surface area contributed by atoms with E-state index < -0.39 is 0 Å². The number of nitrogens with one attached hydrogen (secondary N) is 2. The van der Waals surface area contributed by atoms with E-state index in [1.807, 2.05) is 66.7 Å². The van der Waals surface area contributed by atoms with Gasteiger partial charge >= 0.3 is 0 Å². The molecule has 0 aliphatic carbocycles. The van der Waals surface area contributed by atoms with Gasteiger partial charge in [0.1, 0.15) is 28.8 Å². The minimum Gasteiger partial charge on any atom is -0.496 e. The van der Waals surface area contributed by atoms with Gasteiger partial charge in [0.2, 0.25) is 0 Å². The Morgan fingerprint density at radius 2 is 1.40 bits per heavy atom. The molecule has 0 aliphatic heterocycles. The quantitative estimate of drug-likeness (QED) is 0.238. The third-order valence-corrected chi connectivity index (χ3v) is 5.52. The molecule has 0 aromatic heterocycles. The van der Waals surface area contributed by atoms with Crippen LogP contribution in [-0.4, -0.2) is 20.8 Å². The second-order valence-electron chi connectivity index (χ2n) is 7.98. The van der Waals surface area contributed by atoms with Crippen molar-refractivity contribution < 1.29 is 18.6 Å². The second kappa shape index (κ2) is 11.9. The average molecular weight is 473 g/mol. The van der Waals surface area contributed by atoms with Gasteiger partial charge in [0.05, 0.1) is 19.8 Å². The molecule has 0 saturated heterocycles. The van der Waals surface area contributed by atoms with Crippen LogP contribution in [0.2, 0.25) is 0 Å². The normalized spacial score (nSPS) is 10.6. The zero-order chi connectivity index (χ0) is 24.5. The van der Waals surface area contributed by atoms with E-state index >= 15 is 0 Å². The second-order valence-corrected chi connectivity index (χ2v) is 7.98.